The van der Waals surface area contributed by atoms with Crippen LogP contribution in [0.2, 0.25) is 0 Å². The van der Waals surface area contributed by atoms with Crippen LogP contribution in [0.15, 0.2) is 24.3 Å². The van der Waals surface area contributed by atoms with Gasteiger partial charge in [-0.3, -0.25) is 4.79 Å². The summed E-state index contributed by atoms with van der Waals surface area (Å²) in [5, 5.41) is 9.29. The molecule has 16 heavy (non-hydrogen) atoms. The molecule has 1 aromatic carbocycles. The number of carbonyl (C=O) groups is 1. The third-order valence-corrected chi connectivity index (χ3v) is 3.10. The first kappa shape index (κ1) is 11.0. The summed E-state index contributed by atoms with van der Waals surface area (Å²) in [5.74, 6) is 0.0475. The second-order valence-electron chi connectivity index (χ2n) is 4.43. The number of nitrogens with two attached hydrogens (primary N) is 1. The molecule has 4 nitrogen and oxygen atoms in total. The number of phenolic OH excluding ortho intramolecular Hbond substituents is 1. The third-order valence-electron chi connectivity index (χ3n) is 3.10. The molecular weight excluding hydrogens is 204 g/mol. The SMILES string of the molecule is CCC1(N)CN(C(=O)c2cccc(O)c2)C1. The highest BCUT2D eigenvalue weighted by Crippen LogP contribution is 2.24. The number of nitrogens with zero attached hydrogens (tertiary/aromatic N) is 1. The number of hydrogen-bond acceptors (Lipinski definition) is 3. The van der Waals surface area contributed by atoms with Crippen molar-refractivity contribution in [1.29, 1.82) is 0 Å². The van der Waals surface area contributed by atoms with Gasteiger partial charge in [0, 0.05) is 18.7 Å². The van der Waals surface area contributed by atoms with Crippen LogP contribution >= 0.6 is 0 Å². The second kappa shape index (κ2) is 3.79. The first-order valence-electron chi connectivity index (χ1n) is 5.41. The van der Waals surface area contributed by atoms with E-state index in [-0.39, 0.29) is 17.2 Å². The number of benzene rings is 1. The number of rotatable bonds is 2. The van der Waals surface area contributed by atoms with Crippen LogP contribution in [0.4, 0.5) is 0 Å². The van der Waals surface area contributed by atoms with Crippen LogP contribution in [0.5, 0.6) is 5.75 Å². The van der Waals surface area contributed by atoms with Gasteiger partial charge >= 0.3 is 0 Å². The van der Waals surface area contributed by atoms with Crippen LogP contribution in [0.3, 0.4) is 0 Å². The monoisotopic (exact) mass is 220 g/mol. The van der Waals surface area contributed by atoms with E-state index in [1.54, 1.807) is 23.1 Å². The molecule has 3 N–H and O–H groups in total. The molecule has 4 heteroatoms. The molecule has 2 rings (SSSR count). The summed E-state index contributed by atoms with van der Waals surface area (Å²) in [6.07, 6.45) is 0.872. The lowest BCUT2D eigenvalue weighted by Gasteiger charge is -2.47. The fourth-order valence-corrected chi connectivity index (χ4v) is 1.90. The van der Waals surface area contributed by atoms with Crippen LogP contribution in [-0.2, 0) is 0 Å². The highest BCUT2D eigenvalue weighted by Gasteiger charge is 2.40. The van der Waals surface area contributed by atoms with E-state index in [0.29, 0.717) is 18.7 Å². The van der Waals surface area contributed by atoms with E-state index < -0.39 is 0 Å². The molecule has 1 aliphatic heterocycles. The Bertz CT molecular complexity index is 411. The molecular formula is C12H16N2O2. The van der Waals surface area contributed by atoms with E-state index in [1.165, 1.54) is 6.07 Å². The number of hydrogen-bond donors (Lipinski definition) is 2. The molecule has 1 heterocycles. The van der Waals surface area contributed by atoms with Gasteiger partial charge in [-0.1, -0.05) is 13.0 Å². The number of carbonyl (C=O) groups excluding carboxylic acids is 1. The highest BCUT2D eigenvalue weighted by atomic mass is 16.3. The zero-order valence-corrected chi connectivity index (χ0v) is 9.31. The average molecular weight is 220 g/mol. The Labute approximate surface area is 94.7 Å². The topological polar surface area (TPSA) is 66.6 Å². The molecule has 1 aromatic rings. The van der Waals surface area contributed by atoms with Crippen LogP contribution in [0.1, 0.15) is 23.7 Å². The molecule has 0 atom stereocenters. The summed E-state index contributed by atoms with van der Waals surface area (Å²) < 4.78 is 0. The van der Waals surface area contributed by atoms with Gasteiger partial charge in [-0.15, -0.1) is 0 Å². The van der Waals surface area contributed by atoms with Crippen molar-refractivity contribution in [3.05, 3.63) is 29.8 Å². The van der Waals surface area contributed by atoms with E-state index in [4.69, 9.17) is 5.73 Å². The van der Waals surface area contributed by atoms with E-state index in [1.807, 2.05) is 6.92 Å². The van der Waals surface area contributed by atoms with E-state index in [9.17, 15) is 9.90 Å². The molecule has 0 bridgehead atoms. The summed E-state index contributed by atoms with van der Waals surface area (Å²) in [5.41, 5.74) is 6.29. The van der Waals surface area contributed by atoms with Gasteiger partial charge in [-0.25, -0.2) is 0 Å². The largest absolute Gasteiger partial charge is 0.508 e. The first-order valence-corrected chi connectivity index (χ1v) is 5.41. The molecule has 0 unspecified atom stereocenters. The summed E-state index contributed by atoms with van der Waals surface area (Å²) in [6.45, 7) is 3.21. The van der Waals surface area contributed by atoms with Crippen molar-refractivity contribution in [3.8, 4) is 5.75 Å². The van der Waals surface area contributed by atoms with Crippen molar-refractivity contribution in [2.75, 3.05) is 13.1 Å². The zero-order valence-electron chi connectivity index (χ0n) is 9.31. The van der Waals surface area contributed by atoms with Gasteiger partial charge in [-0.05, 0) is 24.6 Å². The lowest BCUT2D eigenvalue weighted by molar-refractivity contribution is 0.0401. The van der Waals surface area contributed by atoms with Crippen molar-refractivity contribution >= 4 is 5.91 Å². The standard InChI is InChI=1S/C12H16N2O2/c1-2-12(13)7-14(8-12)11(16)9-4-3-5-10(15)6-9/h3-6,15H,2,7-8,13H2,1H3. The predicted octanol–water partition coefficient (Wildman–Crippen LogP) is 0.955. The molecule has 0 aliphatic carbocycles. The minimum absolute atomic E-state index is 0.0644. The molecule has 0 aromatic heterocycles. The van der Waals surface area contributed by atoms with Gasteiger partial charge in [0.25, 0.3) is 5.91 Å². The first-order chi connectivity index (χ1) is 7.54. The van der Waals surface area contributed by atoms with Crippen LogP contribution in [0.25, 0.3) is 0 Å². The zero-order chi connectivity index (χ0) is 11.8. The van der Waals surface area contributed by atoms with Crippen LogP contribution in [0, 0.1) is 0 Å². The molecule has 1 fully saturated rings. The molecule has 1 amide bonds. The Morgan fingerprint density at radius 3 is 2.81 bits per heavy atom. The Morgan fingerprint density at radius 1 is 1.56 bits per heavy atom. The minimum atomic E-state index is -0.216. The lowest BCUT2D eigenvalue weighted by Crippen LogP contribution is -2.68. The summed E-state index contributed by atoms with van der Waals surface area (Å²) >= 11 is 0. The number of likely N-dealkylation sites (tertiary alicyclic amines) is 1. The molecule has 1 saturated heterocycles. The van der Waals surface area contributed by atoms with Gasteiger partial charge in [0.05, 0.1) is 5.54 Å². The summed E-state index contributed by atoms with van der Waals surface area (Å²) in [4.78, 5) is 13.6. The van der Waals surface area contributed by atoms with Crippen molar-refractivity contribution < 1.29 is 9.90 Å². The van der Waals surface area contributed by atoms with Gasteiger partial charge in [0.2, 0.25) is 0 Å². The number of phenols is 1. The maximum Gasteiger partial charge on any atom is 0.254 e. The molecule has 0 radical (unpaired) electrons. The van der Waals surface area contributed by atoms with Crippen molar-refractivity contribution in [1.82, 2.24) is 4.90 Å². The fraction of sp³-hybridized carbons (Fsp3) is 0.417. The normalized spacial score (nSPS) is 18.0. The van der Waals surface area contributed by atoms with E-state index in [2.05, 4.69) is 0 Å². The van der Waals surface area contributed by atoms with Crippen molar-refractivity contribution in [2.45, 2.75) is 18.9 Å². The molecule has 86 valence electrons. The third kappa shape index (κ3) is 1.88. The van der Waals surface area contributed by atoms with E-state index >= 15 is 0 Å². The fourth-order valence-electron chi connectivity index (χ4n) is 1.90. The number of aromatic hydroxyl groups is 1. The Hall–Kier alpha value is -1.55. The van der Waals surface area contributed by atoms with Gasteiger partial charge in [0.15, 0.2) is 0 Å². The van der Waals surface area contributed by atoms with Crippen molar-refractivity contribution in [2.24, 2.45) is 5.73 Å². The smallest absolute Gasteiger partial charge is 0.254 e. The Balaban J connectivity index is 2.06. The quantitative estimate of drug-likeness (QED) is 0.780. The van der Waals surface area contributed by atoms with Crippen molar-refractivity contribution in [3.63, 3.8) is 0 Å². The minimum Gasteiger partial charge on any atom is -0.508 e. The summed E-state index contributed by atoms with van der Waals surface area (Å²) in [6, 6.07) is 6.39. The molecule has 0 spiro atoms. The van der Waals surface area contributed by atoms with Crippen LogP contribution < -0.4 is 5.73 Å². The maximum atomic E-state index is 11.9. The average Bonchev–Trinajstić information content (AvgIpc) is 2.24. The van der Waals surface area contributed by atoms with Gasteiger partial charge < -0.3 is 15.7 Å². The molecule has 0 saturated carbocycles. The van der Waals surface area contributed by atoms with Gasteiger partial charge in [-0.2, -0.15) is 0 Å². The Kier molecular flexibility index (Phi) is 2.59. The highest BCUT2D eigenvalue weighted by molar-refractivity contribution is 5.95. The number of amides is 1. The molecule has 1 aliphatic rings. The van der Waals surface area contributed by atoms with E-state index in [0.717, 1.165) is 6.42 Å². The van der Waals surface area contributed by atoms with Gasteiger partial charge in [0.1, 0.15) is 5.75 Å². The second-order valence-corrected chi connectivity index (χ2v) is 4.43. The predicted molar refractivity (Wildman–Crippen MR) is 61.2 cm³/mol. The Morgan fingerprint density at radius 2 is 2.25 bits per heavy atom. The lowest BCUT2D eigenvalue weighted by atomic mass is 9.88. The maximum absolute atomic E-state index is 11.9. The van der Waals surface area contributed by atoms with Crippen LogP contribution in [-0.4, -0.2) is 34.5 Å². The summed E-state index contributed by atoms with van der Waals surface area (Å²) in [7, 11) is 0.